The number of halogens is 1. The Kier molecular flexibility index (Phi) is 9.33. The Balaban J connectivity index is 1.48. The fourth-order valence-electron chi connectivity index (χ4n) is 6.22. The molecule has 0 aliphatic carbocycles. The topological polar surface area (TPSA) is 107 Å². The van der Waals surface area contributed by atoms with E-state index in [0.717, 1.165) is 18.4 Å². The second-order valence-corrected chi connectivity index (χ2v) is 11.5. The Bertz CT molecular complexity index is 1560. The third kappa shape index (κ3) is 6.19. The molecule has 0 N–H and O–H groups in total. The first-order chi connectivity index (χ1) is 21.1. The Morgan fingerprint density at radius 3 is 2.39 bits per heavy atom. The molecular weight excluding hydrogens is 569 g/mol. The zero-order valence-electron chi connectivity index (χ0n) is 25.5. The average molecular weight is 608 g/mol. The van der Waals surface area contributed by atoms with Gasteiger partial charge in [-0.1, -0.05) is 19.1 Å². The molecule has 1 aromatic heterocycles. The largest absolute Gasteiger partial charge is 0.496 e. The maximum Gasteiger partial charge on any atom is 0.418 e. The number of hydrogen-bond acceptors (Lipinski definition) is 7. The normalized spacial score (nSPS) is 20.4. The van der Waals surface area contributed by atoms with Crippen LogP contribution in [0.1, 0.15) is 53.5 Å². The molecule has 2 aliphatic heterocycles. The number of methoxy groups -OCH3 is 1. The molecule has 0 spiro atoms. The lowest BCUT2D eigenvalue weighted by Gasteiger charge is -2.42. The molecule has 0 saturated carbocycles. The van der Waals surface area contributed by atoms with E-state index in [1.807, 2.05) is 6.92 Å². The van der Waals surface area contributed by atoms with Crippen LogP contribution >= 0.6 is 0 Å². The molecule has 2 amide bonds. The van der Waals surface area contributed by atoms with Gasteiger partial charge in [0.25, 0.3) is 17.6 Å². The van der Waals surface area contributed by atoms with Crippen molar-refractivity contribution in [1.29, 1.82) is 0 Å². The molecule has 3 unspecified atom stereocenters. The molecule has 2 aromatic carbocycles. The molecule has 3 aromatic rings. The van der Waals surface area contributed by atoms with Crippen molar-refractivity contribution in [2.45, 2.75) is 39.7 Å². The van der Waals surface area contributed by atoms with Gasteiger partial charge in [0.2, 0.25) is 0 Å². The molecule has 3 atom stereocenters. The highest BCUT2D eigenvalue weighted by atomic mass is 19.1. The van der Waals surface area contributed by atoms with Gasteiger partial charge in [0, 0.05) is 43.3 Å². The van der Waals surface area contributed by atoms with Crippen molar-refractivity contribution in [3.05, 3.63) is 65.1 Å². The first kappa shape index (κ1) is 31.2. The molecule has 2 aliphatic rings. The van der Waals surface area contributed by atoms with E-state index in [9.17, 15) is 23.6 Å². The van der Waals surface area contributed by atoms with E-state index in [0.29, 0.717) is 25.7 Å². The van der Waals surface area contributed by atoms with E-state index < -0.39 is 17.8 Å². The van der Waals surface area contributed by atoms with Crippen LogP contribution in [0.15, 0.2) is 42.6 Å². The van der Waals surface area contributed by atoms with Crippen molar-refractivity contribution in [3.8, 4) is 5.75 Å². The number of piperidine rings is 1. The molecule has 44 heavy (non-hydrogen) atoms. The molecule has 5 rings (SSSR count). The zero-order chi connectivity index (χ0) is 31.5. The Morgan fingerprint density at radius 1 is 1.02 bits per heavy atom. The molecule has 0 bridgehead atoms. The molecule has 234 valence electrons. The van der Waals surface area contributed by atoms with Gasteiger partial charge in [-0.25, -0.2) is 9.18 Å². The lowest BCUT2D eigenvalue weighted by molar-refractivity contribution is -0.130. The van der Waals surface area contributed by atoms with Gasteiger partial charge >= 0.3 is 6.09 Å². The molecule has 10 nitrogen and oxygen atoms in total. The minimum absolute atomic E-state index is 0.000621. The lowest BCUT2D eigenvalue weighted by atomic mass is 9.79. The number of fused-ring (bicyclic) bond motifs is 1. The number of carbonyl (C=O) groups is 4. The number of ether oxygens (including phenoxy) is 3. The second-order valence-electron chi connectivity index (χ2n) is 11.5. The monoisotopic (exact) mass is 607 g/mol. The number of aromatic nitrogens is 1. The number of morpholine rings is 1. The Morgan fingerprint density at radius 2 is 1.73 bits per heavy atom. The first-order valence-electron chi connectivity index (χ1n) is 15.0. The third-order valence-electron chi connectivity index (χ3n) is 8.70. The number of Topliss-reactive ketones (excluding diaryl/α,β-unsaturated/α-hetero) is 1. The lowest BCUT2D eigenvalue weighted by Crippen LogP contribution is -2.48. The summed E-state index contributed by atoms with van der Waals surface area (Å²) in [7, 11) is 1.44. The molecule has 3 heterocycles. The summed E-state index contributed by atoms with van der Waals surface area (Å²) in [5, 5.41) is 0.278. The molecule has 2 saturated heterocycles. The number of nitrogens with zero attached hydrogens (tertiary/aromatic N) is 3. The smallest absolute Gasteiger partial charge is 0.418 e. The molecule has 11 heteroatoms. The number of hydrogen-bond donors (Lipinski definition) is 0. The van der Waals surface area contributed by atoms with Gasteiger partial charge in [-0.3, -0.25) is 19.0 Å². The maximum absolute atomic E-state index is 14.1. The number of likely N-dealkylation sites (tertiary alicyclic amines) is 1. The molecular formula is C33H38FN3O7. The van der Waals surface area contributed by atoms with E-state index in [2.05, 4.69) is 6.92 Å². The Hall–Kier alpha value is -4.25. The summed E-state index contributed by atoms with van der Waals surface area (Å²) in [6, 6.07) is 9.50. The van der Waals surface area contributed by atoms with Crippen LogP contribution in [0.3, 0.4) is 0 Å². The number of rotatable bonds is 7. The predicted octanol–water partition coefficient (Wildman–Crippen LogP) is 4.56. The van der Waals surface area contributed by atoms with Gasteiger partial charge < -0.3 is 24.0 Å². The van der Waals surface area contributed by atoms with Crippen LogP contribution in [0.5, 0.6) is 5.75 Å². The van der Waals surface area contributed by atoms with Gasteiger partial charge in [-0.05, 0) is 62.3 Å². The number of benzene rings is 2. The summed E-state index contributed by atoms with van der Waals surface area (Å²) in [6.07, 6.45) is 2.11. The van der Waals surface area contributed by atoms with E-state index in [-0.39, 0.29) is 71.2 Å². The van der Waals surface area contributed by atoms with Crippen LogP contribution in [0.4, 0.5) is 9.18 Å². The number of ketones is 1. The van der Waals surface area contributed by atoms with Crippen LogP contribution in [-0.4, -0.2) is 90.7 Å². The summed E-state index contributed by atoms with van der Waals surface area (Å²) in [4.78, 5) is 56.9. The highest BCUT2D eigenvalue weighted by molar-refractivity contribution is 6.45. The van der Waals surface area contributed by atoms with Crippen LogP contribution < -0.4 is 4.74 Å². The van der Waals surface area contributed by atoms with Crippen molar-refractivity contribution in [3.63, 3.8) is 0 Å². The Labute approximate surface area is 255 Å². The van der Waals surface area contributed by atoms with E-state index in [1.54, 1.807) is 24.0 Å². The summed E-state index contributed by atoms with van der Waals surface area (Å²) in [5.74, 6) is -1.32. The molecule has 0 radical (unpaired) electrons. The summed E-state index contributed by atoms with van der Waals surface area (Å²) < 4.78 is 30.7. The molecule has 2 fully saturated rings. The summed E-state index contributed by atoms with van der Waals surface area (Å²) in [5.41, 5.74) is 1.57. The number of amides is 2. The zero-order valence-corrected chi connectivity index (χ0v) is 25.5. The van der Waals surface area contributed by atoms with E-state index in [4.69, 9.17) is 14.2 Å². The van der Waals surface area contributed by atoms with Crippen LogP contribution in [0.2, 0.25) is 0 Å². The average Bonchev–Trinajstić information content (AvgIpc) is 3.41. The summed E-state index contributed by atoms with van der Waals surface area (Å²) in [6.45, 7) is 7.60. The van der Waals surface area contributed by atoms with Gasteiger partial charge in [0.05, 0.1) is 43.6 Å². The van der Waals surface area contributed by atoms with Crippen molar-refractivity contribution < 1.29 is 37.8 Å². The fraction of sp³-hybridized carbons (Fsp3) is 0.455. The van der Waals surface area contributed by atoms with Crippen LogP contribution in [0.25, 0.3) is 10.9 Å². The highest BCUT2D eigenvalue weighted by Gasteiger charge is 2.36. The third-order valence-corrected chi connectivity index (χ3v) is 8.70. The van der Waals surface area contributed by atoms with Gasteiger partial charge in [0.1, 0.15) is 11.6 Å². The standard InChI is InChI=1S/C33H38FN3O7/c1-5-44-33(41)37-19-27(30(38)32(40)35-10-12-43-13-11-35)25-16-26(29(42-4)17-28(25)37)31(39)36-18-20(2)23(14-21(36)3)15-22-6-8-24(34)9-7-22/h6-9,16-17,19-21,23H,5,10-15,18H2,1-4H3. The van der Waals surface area contributed by atoms with Crippen molar-refractivity contribution in [2.75, 3.05) is 46.6 Å². The van der Waals surface area contributed by atoms with E-state index >= 15 is 0 Å². The maximum atomic E-state index is 14.1. The van der Waals surface area contributed by atoms with Crippen molar-refractivity contribution >= 4 is 34.6 Å². The first-order valence-corrected chi connectivity index (χ1v) is 15.0. The second kappa shape index (κ2) is 13.2. The van der Waals surface area contributed by atoms with Gasteiger partial charge in [0.15, 0.2) is 0 Å². The quantitative estimate of drug-likeness (QED) is 0.286. The minimum Gasteiger partial charge on any atom is -0.496 e. The summed E-state index contributed by atoms with van der Waals surface area (Å²) >= 11 is 0. The van der Waals surface area contributed by atoms with Gasteiger partial charge in [-0.2, -0.15) is 0 Å². The van der Waals surface area contributed by atoms with Crippen LogP contribution in [0, 0.1) is 17.7 Å². The SMILES string of the molecule is CCOC(=O)n1cc(C(=O)C(=O)N2CCOCC2)c2cc(C(=O)N3CC(C)C(Cc4ccc(F)cc4)CC3C)c(OC)cc21. The number of carbonyl (C=O) groups excluding carboxylic acids is 4. The van der Waals surface area contributed by atoms with Crippen molar-refractivity contribution in [1.82, 2.24) is 14.4 Å². The van der Waals surface area contributed by atoms with E-state index in [1.165, 1.54) is 47.0 Å². The predicted molar refractivity (Wildman–Crippen MR) is 161 cm³/mol. The van der Waals surface area contributed by atoms with Crippen molar-refractivity contribution in [2.24, 2.45) is 11.8 Å². The highest BCUT2D eigenvalue weighted by Crippen LogP contribution is 2.35. The van der Waals surface area contributed by atoms with Crippen LogP contribution in [-0.2, 0) is 20.7 Å². The fourth-order valence-corrected chi connectivity index (χ4v) is 6.22. The van der Waals surface area contributed by atoms with Gasteiger partial charge in [-0.15, -0.1) is 0 Å². The minimum atomic E-state index is -0.785.